The van der Waals surface area contributed by atoms with Crippen LogP contribution in [-0.4, -0.2) is 12.3 Å². The number of benzene rings is 3. The third kappa shape index (κ3) is 5.25. The van der Waals surface area contributed by atoms with E-state index < -0.39 is 23.9 Å². The van der Waals surface area contributed by atoms with E-state index in [4.69, 9.17) is 4.74 Å². The average Bonchev–Trinajstić information content (AvgIpc) is 2.68. The number of esters is 1. The molecule has 7 heteroatoms. The van der Waals surface area contributed by atoms with E-state index in [1.165, 1.54) is 24.3 Å². The minimum Gasteiger partial charge on any atom is -0.423 e. The van der Waals surface area contributed by atoms with Crippen LogP contribution in [0.5, 0.6) is 11.5 Å². The monoisotopic (exact) mass is 406 g/mol. The third-order valence-electron chi connectivity index (χ3n) is 4.33. The lowest BCUT2D eigenvalue weighted by molar-refractivity contribution is -0.275. The summed E-state index contributed by atoms with van der Waals surface area (Å²) in [7, 11) is 0. The maximum atomic E-state index is 14.3. The van der Waals surface area contributed by atoms with Gasteiger partial charge in [-0.3, -0.25) is 0 Å². The van der Waals surface area contributed by atoms with Crippen molar-refractivity contribution in [2.45, 2.75) is 32.5 Å². The molecule has 0 amide bonds. The zero-order valence-corrected chi connectivity index (χ0v) is 15.6. The van der Waals surface area contributed by atoms with Gasteiger partial charge in [0.25, 0.3) is 0 Å². The van der Waals surface area contributed by atoms with Gasteiger partial charge in [-0.25, -0.2) is 9.18 Å². The molecule has 0 aliphatic rings. The minimum absolute atomic E-state index is 0.0770. The molecule has 0 radical (unpaired) electrons. The topological polar surface area (TPSA) is 35.5 Å². The molecule has 3 nitrogen and oxygen atoms in total. The van der Waals surface area contributed by atoms with Gasteiger partial charge >= 0.3 is 12.3 Å². The molecule has 3 aromatic rings. The SMILES string of the molecule is CCCCc1ccc(C(=O)Oc2ccc3c(F)c(OC(F)(F)F)ccc3c2)cc1. The second-order valence-corrected chi connectivity index (χ2v) is 6.50. The van der Waals surface area contributed by atoms with Gasteiger partial charge in [-0.2, -0.15) is 0 Å². The van der Waals surface area contributed by atoms with Crippen LogP contribution in [0.2, 0.25) is 0 Å². The molecule has 3 aromatic carbocycles. The fourth-order valence-corrected chi connectivity index (χ4v) is 2.87. The number of rotatable bonds is 6. The predicted octanol–water partition coefficient (Wildman–Crippen LogP) is 6.44. The first kappa shape index (κ1) is 20.6. The Bertz CT molecular complexity index is 1010. The summed E-state index contributed by atoms with van der Waals surface area (Å²) in [5.41, 5.74) is 1.49. The number of ether oxygens (including phenoxy) is 2. The summed E-state index contributed by atoms with van der Waals surface area (Å²) in [5, 5.41) is 0.198. The first-order valence-corrected chi connectivity index (χ1v) is 9.06. The normalized spacial score (nSPS) is 11.5. The molecule has 0 N–H and O–H groups in total. The summed E-state index contributed by atoms with van der Waals surface area (Å²) in [6.45, 7) is 2.10. The maximum absolute atomic E-state index is 14.3. The summed E-state index contributed by atoms with van der Waals surface area (Å²) < 4.78 is 60.2. The maximum Gasteiger partial charge on any atom is 0.573 e. The van der Waals surface area contributed by atoms with Gasteiger partial charge in [0.2, 0.25) is 0 Å². The molecule has 0 atom stereocenters. The fourth-order valence-electron chi connectivity index (χ4n) is 2.87. The van der Waals surface area contributed by atoms with Crippen LogP contribution >= 0.6 is 0 Å². The molecule has 0 saturated carbocycles. The smallest absolute Gasteiger partial charge is 0.423 e. The van der Waals surface area contributed by atoms with Crippen LogP contribution in [0, 0.1) is 5.82 Å². The van der Waals surface area contributed by atoms with Gasteiger partial charge in [-0.1, -0.05) is 31.5 Å². The highest BCUT2D eigenvalue weighted by Gasteiger charge is 2.32. The van der Waals surface area contributed by atoms with Gasteiger partial charge in [0.1, 0.15) is 5.75 Å². The number of carbonyl (C=O) groups excluding carboxylic acids is 1. The fraction of sp³-hybridized carbons (Fsp3) is 0.227. The Balaban J connectivity index is 1.76. The number of halogens is 4. The molecule has 0 fully saturated rings. The Morgan fingerprint density at radius 2 is 1.72 bits per heavy atom. The minimum atomic E-state index is -4.99. The number of carbonyl (C=O) groups is 1. The van der Waals surface area contributed by atoms with Crippen LogP contribution in [0.25, 0.3) is 10.8 Å². The van der Waals surface area contributed by atoms with E-state index >= 15 is 0 Å². The Morgan fingerprint density at radius 1 is 1.00 bits per heavy atom. The summed E-state index contributed by atoms with van der Waals surface area (Å²) in [6, 6.07) is 13.2. The Hall–Kier alpha value is -3.09. The van der Waals surface area contributed by atoms with Crippen LogP contribution in [0.4, 0.5) is 17.6 Å². The van der Waals surface area contributed by atoms with E-state index in [9.17, 15) is 22.4 Å². The van der Waals surface area contributed by atoms with Crippen molar-refractivity contribution in [3.63, 3.8) is 0 Å². The summed E-state index contributed by atoms with van der Waals surface area (Å²) >= 11 is 0. The van der Waals surface area contributed by atoms with Crippen LogP contribution < -0.4 is 9.47 Å². The first-order valence-electron chi connectivity index (χ1n) is 9.06. The first-order chi connectivity index (χ1) is 13.8. The Kier molecular flexibility index (Phi) is 6.06. The number of fused-ring (bicyclic) bond motifs is 1. The number of unbranched alkanes of at least 4 members (excludes halogenated alkanes) is 1. The van der Waals surface area contributed by atoms with Crippen molar-refractivity contribution in [1.82, 2.24) is 0 Å². The molecular formula is C22H18F4O3. The van der Waals surface area contributed by atoms with Crippen LogP contribution in [0.1, 0.15) is 35.7 Å². The number of hydrogen-bond donors (Lipinski definition) is 0. The van der Waals surface area contributed by atoms with Gasteiger partial charge < -0.3 is 9.47 Å². The van der Waals surface area contributed by atoms with E-state index in [1.807, 2.05) is 12.1 Å². The second-order valence-electron chi connectivity index (χ2n) is 6.50. The highest BCUT2D eigenvalue weighted by Crippen LogP contribution is 2.32. The zero-order chi connectivity index (χ0) is 21.0. The highest BCUT2D eigenvalue weighted by molar-refractivity contribution is 5.92. The summed E-state index contributed by atoms with van der Waals surface area (Å²) in [4.78, 5) is 12.3. The predicted molar refractivity (Wildman–Crippen MR) is 101 cm³/mol. The van der Waals surface area contributed by atoms with Gasteiger partial charge in [0.05, 0.1) is 5.56 Å². The quantitative estimate of drug-likeness (QED) is 0.268. The molecule has 3 rings (SSSR count). The van der Waals surface area contributed by atoms with Gasteiger partial charge in [0, 0.05) is 5.39 Å². The molecular weight excluding hydrogens is 388 g/mol. The molecule has 0 aliphatic heterocycles. The summed E-state index contributed by atoms with van der Waals surface area (Å²) in [6.07, 6.45) is -1.92. The van der Waals surface area contributed by atoms with Crippen molar-refractivity contribution < 1.29 is 31.8 Å². The molecule has 29 heavy (non-hydrogen) atoms. The Labute approximate surface area is 164 Å². The van der Waals surface area contributed by atoms with Crippen molar-refractivity contribution in [2.75, 3.05) is 0 Å². The lowest BCUT2D eigenvalue weighted by Gasteiger charge is -2.12. The van der Waals surface area contributed by atoms with Gasteiger partial charge in [-0.15, -0.1) is 13.2 Å². The van der Waals surface area contributed by atoms with Crippen LogP contribution in [0.3, 0.4) is 0 Å². The molecule has 0 spiro atoms. The molecule has 0 aliphatic carbocycles. The zero-order valence-electron chi connectivity index (χ0n) is 15.6. The molecule has 0 bridgehead atoms. The van der Waals surface area contributed by atoms with E-state index in [-0.39, 0.29) is 16.5 Å². The third-order valence-corrected chi connectivity index (χ3v) is 4.33. The largest absolute Gasteiger partial charge is 0.573 e. The van der Waals surface area contributed by atoms with Crippen LogP contribution in [0.15, 0.2) is 54.6 Å². The van der Waals surface area contributed by atoms with Crippen LogP contribution in [-0.2, 0) is 6.42 Å². The van der Waals surface area contributed by atoms with Crippen molar-refractivity contribution in [3.8, 4) is 11.5 Å². The van der Waals surface area contributed by atoms with Crippen molar-refractivity contribution in [2.24, 2.45) is 0 Å². The van der Waals surface area contributed by atoms with E-state index in [1.54, 1.807) is 12.1 Å². The standard InChI is InChI=1S/C22H18F4O3/c1-2-3-4-14-5-7-15(8-6-14)21(27)28-17-10-11-18-16(13-17)9-12-19(20(18)23)29-22(24,25)26/h5-13H,2-4H2,1H3. The molecule has 152 valence electrons. The average molecular weight is 406 g/mol. The highest BCUT2D eigenvalue weighted by atomic mass is 19.4. The molecule has 0 unspecified atom stereocenters. The second kappa shape index (κ2) is 8.51. The van der Waals surface area contributed by atoms with Crippen molar-refractivity contribution in [1.29, 1.82) is 0 Å². The van der Waals surface area contributed by atoms with Crippen molar-refractivity contribution in [3.05, 3.63) is 71.5 Å². The lowest BCUT2D eigenvalue weighted by atomic mass is 10.1. The number of aryl methyl sites for hydroxylation is 1. The summed E-state index contributed by atoms with van der Waals surface area (Å²) in [5.74, 6) is -2.48. The molecule has 0 heterocycles. The number of alkyl halides is 3. The van der Waals surface area contributed by atoms with E-state index in [0.29, 0.717) is 5.56 Å². The molecule has 0 aromatic heterocycles. The van der Waals surface area contributed by atoms with Gasteiger partial charge in [0.15, 0.2) is 11.6 Å². The van der Waals surface area contributed by atoms with E-state index in [0.717, 1.165) is 30.9 Å². The Morgan fingerprint density at radius 3 is 2.38 bits per heavy atom. The van der Waals surface area contributed by atoms with Gasteiger partial charge in [-0.05, 0) is 60.2 Å². The number of hydrogen-bond acceptors (Lipinski definition) is 3. The van der Waals surface area contributed by atoms with E-state index in [2.05, 4.69) is 11.7 Å². The molecule has 0 saturated heterocycles. The van der Waals surface area contributed by atoms with Crippen molar-refractivity contribution >= 4 is 16.7 Å². The lowest BCUT2D eigenvalue weighted by Crippen LogP contribution is -2.18.